The molecule has 2 rings (SSSR count). The Balaban J connectivity index is 2.64. The molecular weight excluding hydrogens is 375 g/mol. The Labute approximate surface area is 165 Å². The number of hydrogen-bond donors (Lipinski definition) is 0. The first-order valence-corrected chi connectivity index (χ1v) is 14.6. The summed E-state index contributed by atoms with van der Waals surface area (Å²) in [5.74, 6) is 0. The van der Waals surface area contributed by atoms with Crippen molar-refractivity contribution in [2.75, 3.05) is 24.6 Å². The van der Waals surface area contributed by atoms with Crippen LogP contribution in [-0.2, 0) is 14.1 Å². The molecule has 0 N–H and O–H groups in total. The SMILES string of the molecule is CCCP(CCC)(CCC)(CCC)OS(=O)(=O)c1cccc2ccccc12. The van der Waals surface area contributed by atoms with E-state index in [1.54, 1.807) is 6.07 Å². The Kier molecular flexibility index (Phi) is 7.47. The van der Waals surface area contributed by atoms with Crippen LogP contribution in [-0.4, -0.2) is 33.1 Å². The third-order valence-corrected chi connectivity index (χ3v) is 15.2. The summed E-state index contributed by atoms with van der Waals surface area (Å²) in [7, 11) is -3.83. The molecule has 0 atom stereocenters. The maximum absolute atomic E-state index is 13.6. The Hall–Kier alpha value is -0.960. The summed E-state index contributed by atoms with van der Waals surface area (Å²) in [6.45, 7) is 5.76. The van der Waals surface area contributed by atoms with E-state index in [4.69, 9.17) is 3.97 Å². The summed E-state index contributed by atoms with van der Waals surface area (Å²) in [5, 5.41) is 1.68. The summed E-state index contributed by atoms with van der Waals surface area (Å²) in [4.78, 5) is 0.314. The molecule has 0 aliphatic rings. The molecule has 0 aliphatic carbocycles. The maximum atomic E-state index is 13.6. The monoisotopic (exact) mass is 410 g/mol. The Morgan fingerprint density at radius 3 is 1.74 bits per heavy atom. The van der Waals surface area contributed by atoms with Crippen molar-refractivity contribution in [2.45, 2.75) is 58.3 Å². The first kappa shape index (κ1) is 22.3. The summed E-state index contributed by atoms with van der Waals surface area (Å²) >= 11 is 0. The van der Waals surface area contributed by atoms with Gasteiger partial charge >= 0.3 is 165 Å². The molecule has 0 saturated carbocycles. The number of benzene rings is 2. The first-order valence-electron chi connectivity index (χ1n) is 10.3. The Morgan fingerprint density at radius 1 is 0.741 bits per heavy atom. The number of hydrogen-bond acceptors (Lipinski definition) is 3. The van der Waals surface area contributed by atoms with E-state index >= 15 is 0 Å². The summed E-state index contributed by atoms with van der Waals surface area (Å²) in [6.07, 6.45) is 7.42. The van der Waals surface area contributed by atoms with Crippen LogP contribution in [0.25, 0.3) is 10.8 Å². The molecule has 0 saturated heterocycles. The van der Waals surface area contributed by atoms with Gasteiger partial charge in [-0.15, -0.1) is 0 Å². The van der Waals surface area contributed by atoms with Gasteiger partial charge in [-0.05, 0) is 0 Å². The average Bonchev–Trinajstić information content (AvgIpc) is 2.61. The van der Waals surface area contributed by atoms with Crippen LogP contribution in [0.2, 0.25) is 0 Å². The third-order valence-electron chi connectivity index (χ3n) is 5.48. The van der Waals surface area contributed by atoms with Crippen LogP contribution in [0, 0.1) is 0 Å². The summed E-state index contributed by atoms with van der Waals surface area (Å²) in [6, 6.07) is 13.1. The van der Waals surface area contributed by atoms with Gasteiger partial charge in [0.05, 0.1) is 0 Å². The fraction of sp³-hybridized carbons (Fsp3) is 0.545. The van der Waals surface area contributed by atoms with Gasteiger partial charge in [0.2, 0.25) is 0 Å². The second-order valence-corrected chi connectivity index (χ2v) is 15.2. The van der Waals surface area contributed by atoms with Gasteiger partial charge in [-0.3, -0.25) is 0 Å². The molecule has 0 unspecified atom stereocenters. The van der Waals surface area contributed by atoms with Gasteiger partial charge in [-0.2, -0.15) is 0 Å². The molecule has 0 heterocycles. The van der Waals surface area contributed by atoms with Crippen molar-refractivity contribution in [3.05, 3.63) is 42.5 Å². The van der Waals surface area contributed by atoms with Crippen molar-refractivity contribution in [3.63, 3.8) is 0 Å². The predicted octanol–water partition coefficient (Wildman–Crippen LogP) is 6.65. The van der Waals surface area contributed by atoms with E-state index in [1.807, 2.05) is 36.4 Å². The van der Waals surface area contributed by atoms with Crippen molar-refractivity contribution in [1.29, 1.82) is 0 Å². The van der Waals surface area contributed by atoms with Gasteiger partial charge < -0.3 is 0 Å². The van der Waals surface area contributed by atoms with Crippen molar-refractivity contribution in [3.8, 4) is 0 Å². The Bertz CT molecular complexity index is 820. The molecule has 3 nitrogen and oxygen atoms in total. The van der Waals surface area contributed by atoms with Crippen LogP contribution in [0.3, 0.4) is 0 Å². The zero-order valence-corrected chi connectivity index (χ0v) is 19.0. The molecular formula is C22H35O3PS. The predicted molar refractivity (Wildman–Crippen MR) is 120 cm³/mol. The fourth-order valence-corrected chi connectivity index (χ4v) is 15.1. The standard InChI is InChI=1S/C22H35O3PS/c1-5-16-26(17-6-2,18-7-3,19-8-4)25-27(23,24)22-15-11-13-20-12-9-10-14-21(20)22/h9-15H,5-8,16-19H2,1-4H3. The molecule has 2 aromatic rings. The van der Waals surface area contributed by atoms with Crippen LogP contribution < -0.4 is 0 Å². The van der Waals surface area contributed by atoms with E-state index in [1.165, 1.54) is 0 Å². The van der Waals surface area contributed by atoms with Crippen molar-refractivity contribution in [2.24, 2.45) is 0 Å². The van der Waals surface area contributed by atoms with Crippen molar-refractivity contribution in [1.82, 2.24) is 0 Å². The normalized spacial score (nSPS) is 14.1. The molecule has 152 valence electrons. The van der Waals surface area contributed by atoms with E-state index in [-0.39, 0.29) is 0 Å². The molecule has 0 radical (unpaired) electrons. The average molecular weight is 411 g/mol. The van der Waals surface area contributed by atoms with E-state index in [0.717, 1.165) is 61.1 Å². The van der Waals surface area contributed by atoms with Crippen LogP contribution >= 0.6 is 6.83 Å². The van der Waals surface area contributed by atoms with Crippen LogP contribution in [0.1, 0.15) is 53.4 Å². The van der Waals surface area contributed by atoms with Gasteiger partial charge in [-0.25, -0.2) is 0 Å². The summed E-state index contributed by atoms with van der Waals surface area (Å²) < 4.78 is 33.6. The Morgan fingerprint density at radius 2 is 1.22 bits per heavy atom. The quantitative estimate of drug-likeness (QED) is 0.389. The van der Waals surface area contributed by atoms with E-state index in [9.17, 15) is 8.42 Å². The zero-order valence-electron chi connectivity index (χ0n) is 17.3. The molecule has 0 aliphatic heterocycles. The number of fused-ring (bicyclic) bond motifs is 1. The third kappa shape index (κ3) is 4.72. The van der Waals surface area contributed by atoms with Crippen LogP contribution in [0.5, 0.6) is 0 Å². The second-order valence-electron chi connectivity index (χ2n) is 7.76. The first-order chi connectivity index (χ1) is 12.9. The van der Waals surface area contributed by atoms with Gasteiger partial charge in [0, 0.05) is 0 Å². The minimum atomic E-state index is -3.83. The molecule has 0 fully saturated rings. The van der Waals surface area contributed by atoms with Crippen molar-refractivity contribution >= 4 is 27.7 Å². The van der Waals surface area contributed by atoms with E-state index in [2.05, 4.69) is 27.7 Å². The van der Waals surface area contributed by atoms with Gasteiger partial charge in [-0.1, -0.05) is 0 Å². The zero-order chi connectivity index (χ0) is 20.0. The number of rotatable bonds is 11. The topological polar surface area (TPSA) is 43.4 Å². The fourth-order valence-electron chi connectivity index (χ4n) is 4.81. The van der Waals surface area contributed by atoms with Crippen LogP contribution in [0.4, 0.5) is 0 Å². The minimum absolute atomic E-state index is 0.314. The van der Waals surface area contributed by atoms with Crippen LogP contribution in [0.15, 0.2) is 47.4 Å². The molecule has 2 aromatic carbocycles. The van der Waals surface area contributed by atoms with Gasteiger partial charge in [0.1, 0.15) is 0 Å². The van der Waals surface area contributed by atoms with Crippen molar-refractivity contribution < 1.29 is 12.4 Å². The molecule has 5 heteroatoms. The molecule has 0 amide bonds. The molecule has 0 spiro atoms. The summed E-state index contributed by atoms with van der Waals surface area (Å²) in [5.41, 5.74) is 0. The van der Waals surface area contributed by atoms with E-state index in [0.29, 0.717) is 4.90 Å². The molecule has 0 bridgehead atoms. The van der Waals surface area contributed by atoms with E-state index < -0.39 is 16.9 Å². The molecule has 27 heavy (non-hydrogen) atoms. The molecule has 0 aromatic heterocycles. The van der Waals surface area contributed by atoms with Gasteiger partial charge in [0.25, 0.3) is 0 Å². The second kappa shape index (κ2) is 9.03. The van der Waals surface area contributed by atoms with Gasteiger partial charge in [0.15, 0.2) is 0 Å².